The molecule has 1 aliphatic rings. The average Bonchev–Trinajstić information content (AvgIpc) is 2.07. The predicted octanol–water partition coefficient (Wildman–Crippen LogP) is -0.440. The van der Waals surface area contributed by atoms with Gasteiger partial charge in [-0.15, -0.1) is 0 Å². The van der Waals surface area contributed by atoms with Gasteiger partial charge in [0.15, 0.2) is 0 Å². The first-order chi connectivity index (χ1) is 6.22. The van der Waals surface area contributed by atoms with E-state index >= 15 is 0 Å². The van der Waals surface area contributed by atoms with Crippen LogP contribution in [0.25, 0.3) is 0 Å². The number of nitrogens with one attached hydrogen (secondary N) is 1. The SMILES string of the molecule is CC(CCC(=O)NN)OC1COC1. The van der Waals surface area contributed by atoms with E-state index in [1.807, 2.05) is 6.92 Å². The lowest BCUT2D eigenvalue weighted by Crippen LogP contribution is -2.39. The van der Waals surface area contributed by atoms with E-state index < -0.39 is 0 Å². The summed E-state index contributed by atoms with van der Waals surface area (Å²) >= 11 is 0. The fraction of sp³-hybridized carbons (Fsp3) is 0.875. The maximum Gasteiger partial charge on any atom is 0.233 e. The van der Waals surface area contributed by atoms with Gasteiger partial charge in [0.1, 0.15) is 6.10 Å². The number of nitrogens with two attached hydrogens (primary N) is 1. The summed E-state index contributed by atoms with van der Waals surface area (Å²) < 4.78 is 10.5. The summed E-state index contributed by atoms with van der Waals surface area (Å²) in [5.74, 6) is 4.78. The highest BCUT2D eigenvalue weighted by Gasteiger charge is 2.21. The average molecular weight is 188 g/mol. The molecule has 0 saturated carbocycles. The van der Waals surface area contributed by atoms with E-state index in [9.17, 15) is 4.79 Å². The fourth-order valence-corrected chi connectivity index (χ4v) is 1.10. The largest absolute Gasteiger partial charge is 0.376 e. The molecule has 1 atom stereocenters. The van der Waals surface area contributed by atoms with Gasteiger partial charge in [-0.1, -0.05) is 0 Å². The van der Waals surface area contributed by atoms with Crippen LogP contribution in [0.1, 0.15) is 19.8 Å². The number of hydrogen-bond donors (Lipinski definition) is 2. The first-order valence-corrected chi connectivity index (χ1v) is 4.45. The molecule has 1 unspecified atom stereocenters. The van der Waals surface area contributed by atoms with Crippen molar-refractivity contribution in [2.45, 2.75) is 32.0 Å². The van der Waals surface area contributed by atoms with E-state index in [2.05, 4.69) is 5.43 Å². The zero-order valence-electron chi connectivity index (χ0n) is 7.79. The molecule has 76 valence electrons. The molecule has 5 heteroatoms. The third-order valence-corrected chi connectivity index (χ3v) is 1.97. The molecule has 0 aliphatic carbocycles. The smallest absolute Gasteiger partial charge is 0.233 e. The monoisotopic (exact) mass is 188 g/mol. The van der Waals surface area contributed by atoms with Gasteiger partial charge in [0.05, 0.1) is 19.3 Å². The van der Waals surface area contributed by atoms with Gasteiger partial charge in [-0.3, -0.25) is 10.2 Å². The molecule has 1 amide bonds. The Morgan fingerprint density at radius 1 is 1.77 bits per heavy atom. The molecule has 3 N–H and O–H groups in total. The van der Waals surface area contributed by atoms with Crippen LogP contribution in [-0.2, 0) is 14.3 Å². The van der Waals surface area contributed by atoms with Crippen molar-refractivity contribution >= 4 is 5.91 Å². The summed E-state index contributed by atoms with van der Waals surface area (Å²) in [6.07, 6.45) is 1.41. The van der Waals surface area contributed by atoms with Gasteiger partial charge in [-0.2, -0.15) is 0 Å². The number of carbonyl (C=O) groups is 1. The quantitative estimate of drug-likeness (QED) is 0.348. The molecular weight excluding hydrogens is 172 g/mol. The van der Waals surface area contributed by atoms with Crippen LogP contribution < -0.4 is 11.3 Å². The molecule has 1 saturated heterocycles. The maximum atomic E-state index is 10.8. The maximum absolute atomic E-state index is 10.8. The first kappa shape index (κ1) is 10.4. The number of amides is 1. The number of ether oxygens (including phenoxy) is 2. The zero-order chi connectivity index (χ0) is 9.68. The molecule has 1 fully saturated rings. The molecule has 1 aliphatic heterocycles. The Balaban J connectivity index is 2.02. The van der Waals surface area contributed by atoms with E-state index in [4.69, 9.17) is 15.3 Å². The van der Waals surface area contributed by atoms with Gasteiger partial charge in [0.25, 0.3) is 0 Å². The normalized spacial score (nSPS) is 19.2. The predicted molar refractivity (Wildman–Crippen MR) is 46.7 cm³/mol. The van der Waals surface area contributed by atoms with Crippen molar-refractivity contribution in [1.82, 2.24) is 5.43 Å². The summed E-state index contributed by atoms with van der Waals surface area (Å²) in [5.41, 5.74) is 2.08. The van der Waals surface area contributed by atoms with Gasteiger partial charge in [0, 0.05) is 6.42 Å². The van der Waals surface area contributed by atoms with Crippen LogP contribution in [0.5, 0.6) is 0 Å². The second-order valence-corrected chi connectivity index (χ2v) is 3.21. The highest BCUT2D eigenvalue weighted by Crippen LogP contribution is 2.11. The van der Waals surface area contributed by atoms with Crippen molar-refractivity contribution < 1.29 is 14.3 Å². The van der Waals surface area contributed by atoms with Crippen LogP contribution in [0, 0.1) is 0 Å². The second-order valence-electron chi connectivity index (χ2n) is 3.21. The van der Waals surface area contributed by atoms with Crippen molar-refractivity contribution in [3.8, 4) is 0 Å². The molecule has 0 bridgehead atoms. The van der Waals surface area contributed by atoms with Crippen LogP contribution in [0.15, 0.2) is 0 Å². The number of hydrogen-bond acceptors (Lipinski definition) is 4. The lowest BCUT2D eigenvalue weighted by atomic mass is 10.2. The Hall–Kier alpha value is -0.650. The van der Waals surface area contributed by atoms with Crippen molar-refractivity contribution in [3.63, 3.8) is 0 Å². The Kier molecular flexibility index (Phi) is 4.14. The third kappa shape index (κ3) is 3.71. The standard InChI is InChI=1S/C8H16N2O3/c1-6(2-3-8(11)10-9)13-7-4-12-5-7/h6-7H,2-5,9H2,1H3,(H,10,11). The molecule has 0 aromatic rings. The minimum absolute atomic E-state index is 0.0891. The van der Waals surface area contributed by atoms with Crippen molar-refractivity contribution in [3.05, 3.63) is 0 Å². The minimum atomic E-state index is -0.152. The van der Waals surface area contributed by atoms with Gasteiger partial charge < -0.3 is 9.47 Å². The minimum Gasteiger partial charge on any atom is -0.376 e. The zero-order valence-corrected chi connectivity index (χ0v) is 7.79. The third-order valence-electron chi connectivity index (χ3n) is 1.97. The van der Waals surface area contributed by atoms with Crippen LogP contribution in [-0.4, -0.2) is 31.3 Å². The molecule has 5 nitrogen and oxygen atoms in total. The van der Waals surface area contributed by atoms with Crippen molar-refractivity contribution in [2.24, 2.45) is 5.84 Å². The van der Waals surface area contributed by atoms with E-state index in [1.54, 1.807) is 0 Å². The summed E-state index contributed by atoms with van der Waals surface area (Å²) in [4.78, 5) is 10.8. The van der Waals surface area contributed by atoms with Gasteiger partial charge >= 0.3 is 0 Å². The highest BCUT2D eigenvalue weighted by atomic mass is 16.6. The van der Waals surface area contributed by atoms with E-state index in [0.717, 1.165) is 0 Å². The van der Waals surface area contributed by atoms with Gasteiger partial charge in [0.2, 0.25) is 5.91 Å². The Labute approximate surface area is 77.5 Å². The highest BCUT2D eigenvalue weighted by molar-refractivity contribution is 5.75. The van der Waals surface area contributed by atoms with Gasteiger partial charge in [-0.25, -0.2) is 5.84 Å². The van der Waals surface area contributed by atoms with Crippen LogP contribution in [0.2, 0.25) is 0 Å². The van der Waals surface area contributed by atoms with E-state index in [-0.39, 0.29) is 18.1 Å². The summed E-state index contributed by atoms with van der Waals surface area (Å²) in [6.45, 7) is 3.29. The molecule has 13 heavy (non-hydrogen) atoms. The van der Waals surface area contributed by atoms with Crippen molar-refractivity contribution in [1.29, 1.82) is 0 Å². The Morgan fingerprint density at radius 3 is 2.92 bits per heavy atom. The van der Waals surface area contributed by atoms with Crippen molar-refractivity contribution in [2.75, 3.05) is 13.2 Å². The molecule has 0 spiro atoms. The lowest BCUT2D eigenvalue weighted by Gasteiger charge is -2.29. The van der Waals surface area contributed by atoms with E-state index in [0.29, 0.717) is 26.1 Å². The Bertz CT molecular complexity index is 171. The summed E-state index contributed by atoms with van der Waals surface area (Å²) in [7, 11) is 0. The van der Waals surface area contributed by atoms with E-state index in [1.165, 1.54) is 0 Å². The number of rotatable bonds is 5. The molecule has 1 rings (SSSR count). The second kappa shape index (κ2) is 5.16. The van der Waals surface area contributed by atoms with Crippen LogP contribution in [0.4, 0.5) is 0 Å². The van der Waals surface area contributed by atoms with Gasteiger partial charge in [-0.05, 0) is 13.3 Å². The van der Waals surface area contributed by atoms with Crippen LogP contribution >= 0.6 is 0 Å². The van der Waals surface area contributed by atoms with Crippen LogP contribution in [0.3, 0.4) is 0 Å². The first-order valence-electron chi connectivity index (χ1n) is 4.45. The number of carbonyl (C=O) groups excluding carboxylic acids is 1. The molecule has 0 aromatic heterocycles. The summed E-state index contributed by atoms with van der Waals surface area (Å²) in [6, 6.07) is 0. The molecule has 0 aromatic carbocycles. The fourth-order valence-electron chi connectivity index (χ4n) is 1.10. The molecular formula is C8H16N2O3. The topological polar surface area (TPSA) is 73.6 Å². The lowest BCUT2D eigenvalue weighted by molar-refractivity contribution is -0.153. The molecule has 1 heterocycles. The number of hydrazine groups is 1. The summed E-state index contributed by atoms with van der Waals surface area (Å²) in [5, 5.41) is 0. The molecule has 0 radical (unpaired) electrons. The Morgan fingerprint density at radius 2 is 2.46 bits per heavy atom.